The van der Waals surface area contributed by atoms with E-state index in [-0.39, 0.29) is 0 Å². The second-order valence-corrected chi connectivity index (χ2v) is 12.6. The minimum atomic E-state index is 1.10. The normalized spacial score (nSPS) is 11.2. The van der Waals surface area contributed by atoms with Gasteiger partial charge < -0.3 is 9.47 Å². The van der Waals surface area contributed by atoms with Gasteiger partial charge in [-0.3, -0.25) is 0 Å². The van der Waals surface area contributed by atoms with Crippen LogP contribution in [-0.2, 0) is 0 Å². The highest BCUT2D eigenvalue weighted by molar-refractivity contribution is 6.15. The summed E-state index contributed by atoms with van der Waals surface area (Å²) in [5.41, 5.74) is 14.1. The number of fused-ring (bicyclic) bond motifs is 3. The predicted molar refractivity (Wildman–Crippen MR) is 212 cm³/mol. The van der Waals surface area contributed by atoms with Gasteiger partial charge >= 0.3 is 0 Å². The van der Waals surface area contributed by atoms with Gasteiger partial charge in [0.15, 0.2) is 0 Å². The highest BCUT2D eigenvalue weighted by atomic mass is 15.1. The third-order valence-electron chi connectivity index (χ3n) is 9.57. The van der Waals surface area contributed by atoms with E-state index in [0.717, 1.165) is 22.7 Å². The van der Waals surface area contributed by atoms with E-state index in [9.17, 15) is 0 Å². The Hall–Kier alpha value is -6.64. The third-order valence-corrected chi connectivity index (χ3v) is 9.57. The van der Waals surface area contributed by atoms with Crippen molar-refractivity contribution in [2.45, 2.75) is 0 Å². The summed E-state index contributed by atoms with van der Waals surface area (Å²) in [5.74, 6) is 0. The molecule has 9 aromatic rings. The van der Waals surface area contributed by atoms with Gasteiger partial charge in [-0.2, -0.15) is 0 Å². The molecule has 8 aromatic carbocycles. The van der Waals surface area contributed by atoms with Crippen molar-refractivity contribution in [1.29, 1.82) is 0 Å². The first-order valence-corrected chi connectivity index (χ1v) is 17.1. The molecule has 0 radical (unpaired) electrons. The monoisotopic (exact) mass is 638 g/mol. The number of benzene rings is 8. The minimum Gasteiger partial charge on any atom is -0.310 e. The maximum Gasteiger partial charge on any atom is 0.0547 e. The lowest BCUT2D eigenvalue weighted by molar-refractivity contribution is 1.18. The van der Waals surface area contributed by atoms with Crippen LogP contribution in [0.5, 0.6) is 0 Å². The van der Waals surface area contributed by atoms with Crippen molar-refractivity contribution in [2.24, 2.45) is 0 Å². The summed E-state index contributed by atoms with van der Waals surface area (Å²) in [6, 6.07) is 74.0. The summed E-state index contributed by atoms with van der Waals surface area (Å²) in [7, 11) is 0. The van der Waals surface area contributed by atoms with E-state index in [1.807, 2.05) is 0 Å². The molecule has 0 fully saturated rings. The lowest BCUT2D eigenvalue weighted by Gasteiger charge is -2.27. The highest BCUT2D eigenvalue weighted by Gasteiger charge is 2.18. The maximum atomic E-state index is 2.38. The Morgan fingerprint density at radius 2 is 0.820 bits per heavy atom. The Bertz CT molecular complexity index is 2570. The molecule has 0 saturated heterocycles. The van der Waals surface area contributed by atoms with E-state index in [1.165, 1.54) is 55.2 Å². The summed E-state index contributed by atoms with van der Waals surface area (Å²) in [6.45, 7) is 0. The molecule has 50 heavy (non-hydrogen) atoms. The average Bonchev–Trinajstić information content (AvgIpc) is 3.54. The number of hydrogen-bond donors (Lipinski definition) is 0. The van der Waals surface area contributed by atoms with Crippen LogP contribution in [0.25, 0.3) is 60.9 Å². The Morgan fingerprint density at radius 3 is 1.52 bits per heavy atom. The van der Waals surface area contributed by atoms with Gasteiger partial charge in [-0.05, 0) is 94.0 Å². The zero-order chi connectivity index (χ0) is 33.3. The van der Waals surface area contributed by atoms with Crippen LogP contribution in [0.15, 0.2) is 206 Å². The number of para-hydroxylation sites is 2. The minimum absolute atomic E-state index is 1.10. The van der Waals surface area contributed by atoms with Crippen LogP contribution in [0.3, 0.4) is 0 Å². The molecule has 9 rings (SSSR count). The quantitative estimate of drug-likeness (QED) is 0.169. The SMILES string of the molecule is c1ccc(-c2ccc(N(c3cccc(-c4ccccc4)c3)c3cccc(-c4cccc5c4c4ccccc4n5-c4ccccc4)c3)cc2)cc1. The topological polar surface area (TPSA) is 8.17 Å². The molecule has 2 heteroatoms. The van der Waals surface area contributed by atoms with Crippen LogP contribution in [0.2, 0.25) is 0 Å². The molecule has 0 N–H and O–H groups in total. The molecule has 2 nitrogen and oxygen atoms in total. The Kier molecular flexibility index (Phi) is 7.53. The second kappa shape index (κ2) is 12.8. The largest absolute Gasteiger partial charge is 0.310 e. The van der Waals surface area contributed by atoms with Crippen LogP contribution in [0.1, 0.15) is 0 Å². The summed E-state index contributed by atoms with van der Waals surface area (Å²) in [6.07, 6.45) is 0. The molecule has 0 amide bonds. The van der Waals surface area contributed by atoms with Crippen LogP contribution in [-0.4, -0.2) is 4.57 Å². The Labute approximate surface area is 292 Å². The number of rotatable bonds is 7. The van der Waals surface area contributed by atoms with Gasteiger partial charge in [0, 0.05) is 33.5 Å². The van der Waals surface area contributed by atoms with Gasteiger partial charge in [-0.25, -0.2) is 0 Å². The van der Waals surface area contributed by atoms with Gasteiger partial charge in [-0.15, -0.1) is 0 Å². The fourth-order valence-corrected chi connectivity index (χ4v) is 7.26. The zero-order valence-electron chi connectivity index (χ0n) is 27.5. The lowest BCUT2D eigenvalue weighted by atomic mass is 9.98. The number of aromatic nitrogens is 1. The van der Waals surface area contributed by atoms with Crippen LogP contribution in [0.4, 0.5) is 17.1 Å². The van der Waals surface area contributed by atoms with Crippen molar-refractivity contribution < 1.29 is 0 Å². The molecule has 0 unspecified atom stereocenters. The molecule has 0 spiro atoms. The smallest absolute Gasteiger partial charge is 0.0547 e. The molecule has 0 aliphatic heterocycles. The van der Waals surface area contributed by atoms with Gasteiger partial charge in [0.25, 0.3) is 0 Å². The summed E-state index contributed by atoms with van der Waals surface area (Å²) >= 11 is 0. The van der Waals surface area contributed by atoms with E-state index in [1.54, 1.807) is 0 Å². The molecule has 0 bridgehead atoms. The van der Waals surface area contributed by atoms with Gasteiger partial charge in [-0.1, -0.05) is 146 Å². The number of anilines is 3. The molecule has 0 aliphatic rings. The standard InChI is InChI=1S/C48H34N2/c1-4-15-35(16-5-1)37-29-31-41(32-30-37)49(42-23-12-19-38(33-42)36-17-6-2-7-18-36)43-24-13-20-39(34-43)44-26-14-28-47-48(44)45-25-10-11-27-46(45)50(47)40-21-8-3-9-22-40/h1-34H. The van der Waals surface area contributed by atoms with Crippen molar-refractivity contribution in [3.05, 3.63) is 206 Å². The fourth-order valence-electron chi connectivity index (χ4n) is 7.26. The van der Waals surface area contributed by atoms with E-state index < -0.39 is 0 Å². The maximum absolute atomic E-state index is 2.38. The van der Waals surface area contributed by atoms with Gasteiger partial charge in [0.2, 0.25) is 0 Å². The van der Waals surface area contributed by atoms with Crippen LogP contribution >= 0.6 is 0 Å². The van der Waals surface area contributed by atoms with Gasteiger partial charge in [0.05, 0.1) is 11.0 Å². The van der Waals surface area contributed by atoms with Crippen molar-refractivity contribution in [3.8, 4) is 39.1 Å². The lowest BCUT2D eigenvalue weighted by Crippen LogP contribution is -2.10. The molecular formula is C48H34N2. The van der Waals surface area contributed by atoms with Crippen molar-refractivity contribution >= 4 is 38.9 Å². The molecule has 236 valence electrons. The van der Waals surface area contributed by atoms with E-state index >= 15 is 0 Å². The van der Waals surface area contributed by atoms with E-state index in [2.05, 4.69) is 216 Å². The molecular weight excluding hydrogens is 605 g/mol. The first kappa shape index (κ1) is 29.5. The molecule has 1 aromatic heterocycles. The molecule has 0 saturated carbocycles. The van der Waals surface area contributed by atoms with E-state index in [0.29, 0.717) is 0 Å². The van der Waals surface area contributed by atoms with Crippen molar-refractivity contribution in [2.75, 3.05) is 4.90 Å². The Balaban J connectivity index is 1.22. The second-order valence-electron chi connectivity index (χ2n) is 12.6. The first-order valence-electron chi connectivity index (χ1n) is 17.1. The summed E-state index contributed by atoms with van der Waals surface area (Å²) in [5, 5.41) is 2.50. The third kappa shape index (κ3) is 5.34. The zero-order valence-corrected chi connectivity index (χ0v) is 27.5. The molecule has 0 atom stereocenters. The molecule has 0 aliphatic carbocycles. The number of hydrogen-bond acceptors (Lipinski definition) is 1. The van der Waals surface area contributed by atoms with Crippen molar-refractivity contribution in [3.63, 3.8) is 0 Å². The van der Waals surface area contributed by atoms with Crippen LogP contribution < -0.4 is 4.90 Å². The van der Waals surface area contributed by atoms with Gasteiger partial charge in [0.1, 0.15) is 0 Å². The number of nitrogens with zero attached hydrogens (tertiary/aromatic N) is 2. The first-order chi connectivity index (χ1) is 24.8. The molecule has 1 heterocycles. The summed E-state index contributed by atoms with van der Waals surface area (Å²) in [4.78, 5) is 2.37. The Morgan fingerprint density at radius 1 is 0.320 bits per heavy atom. The van der Waals surface area contributed by atoms with Crippen LogP contribution in [0, 0.1) is 0 Å². The average molecular weight is 639 g/mol. The highest BCUT2D eigenvalue weighted by Crippen LogP contribution is 2.42. The fraction of sp³-hybridized carbons (Fsp3) is 0. The van der Waals surface area contributed by atoms with Crippen molar-refractivity contribution in [1.82, 2.24) is 4.57 Å². The predicted octanol–water partition coefficient (Wildman–Crippen LogP) is 13.3. The summed E-state index contributed by atoms with van der Waals surface area (Å²) < 4.78 is 2.38. The van der Waals surface area contributed by atoms with E-state index in [4.69, 9.17) is 0 Å².